The molecular weight excluding hydrogens is 433 g/mol. The molecule has 0 unspecified atom stereocenters. The summed E-state index contributed by atoms with van der Waals surface area (Å²) in [4.78, 5) is 16.8. The average Bonchev–Trinajstić information content (AvgIpc) is 2.81. The topological polar surface area (TPSA) is 84.2 Å². The number of carbonyl (C=O) groups is 1. The standard InChI is InChI=1S/C24H15ClFN3O3/c1-31-21-10-17-20(11-22(21)32-24(30)14-5-3-2-4-6-14)28-13-15(12-27)23(17)29-19-8-7-16(25)9-18(19)26/h2-11,13H,1H3,(H,28,29). The first kappa shape index (κ1) is 21.1. The number of carbonyl (C=O) groups excluding carboxylic acids is 1. The number of ether oxygens (including phenoxy) is 2. The number of halogens is 2. The third kappa shape index (κ3) is 4.17. The normalized spacial score (nSPS) is 10.4. The molecule has 0 amide bonds. The lowest BCUT2D eigenvalue weighted by Crippen LogP contribution is -2.09. The Balaban J connectivity index is 1.79. The first-order valence-corrected chi connectivity index (χ1v) is 9.78. The average molecular weight is 448 g/mol. The van der Waals surface area contributed by atoms with E-state index in [9.17, 15) is 14.4 Å². The van der Waals surface area contributed by atoms with Crippen LogP contribution < -0.4 is 14.8 Å². The van der Waals surface area contributed by atoms with Crippen molar-refractivity contribution in [3.63, 3.8) is 0 Å². The number of nitrogens with zero attached hydrogens (tertiary/aromatic N) is 2. The molecule has 8 heteroatoms. The lowest BCUT2D eigenvalue weighted by molar-refractivity contribution is 0.0730. The fraction of sp³-hybridized carbons (Fsp3) is 0.0417. The SMILES string of the molecule is COc1cc2c(Nc3ccc(Cl)cc3F)c(C#N)cnc2cc1OC(=O)c1ccccc1. The molecule has 0 fully saturated rings. The summed E-state index contributed by atoms with van der Waals surface area (Å²) in [5, 5.41) is 13.2. The largest absolute Gasteiger partial charge is 0.493 e. The Kier molecular flexibility index (Phi) is 5.88. The minimum atomic E-state index is -0.577. The molecule has 0 aliphatic heterocycles. The second kappa shape index (κ2) is 8.92. The van der Waals surface area contributed by atoms with Crippen molar-refractivity contribution >= 4 is 39.8 Å². The summed E-state index contributed by atoms with van der Waals surface area (Å²) in [5.74, 6) is -0.724. The number of nitrogens with one attached hydrogen (secondary N) is 1. The number of pyridine rings is 1. The first-order chi connectivity index (χ1) is 15.5. The van der Waals surface area contributed by atoms with Gasteiger partial charge >= 0.3 is 5.97 Å². The Bertz CT molecular complexity index is 1370. The van der Waals surface area contributed by atoms with Gasteiger partial charge < -0.3 is 14.8 Å². The number of anilines is 2. The maximum Gasteiger partial charge on any atom is 0.343 e. The molecule has 0 bridgehead atoms. The van der Waals surface area contributed by atoms with Crippen LogP contribution in [-0.2, 0) is 0 Å². The number of nitriles is 1. The molecule has 0 saturated carbocycles. The van der Waals surface area contributed by atoms with Crippen LogP contribution in [0.2, 0.25) is 5.02 Å². The minimum Gasteiger partial charge on any atom is -0.493 e. The van der Waals surface area contributed by atoms with E-state index in [1.807, 2.05) is 6.07 Å². The maximum absolute atomic E-state index is 14.4. The van der Waals surface area contributed by atoms with Gasteiger partial charge in [-0.25, -0.2) is 9.18 Å². The van der Waals surface area contributed by atoms with Crippen molar-refractivity contribution in [3.05, 3.63) is 88.8 Å². The van der Waals surface area contributed by atoms with E-state index < -0.39 is 11.8 Å². The van der Waals surface area contributed by atoms with E-state index in [2.05, 4.69) is 10.3 Å². The van der Waals surface area contributed by atoms with E-state index in [0.29, 0.717) is 22.2 Å². The Morgan fingerprint density at radius 3 is 2.59 bits per heavy atom. The summed E-state index contributed by atoms with van der Waals surface area (Å²) in [6.45, 7) is 0. The zero-order chi connectivity index (χ0) is 22.7. The number of hydrogen-bond donors (Lipinski definition) is 1. The number of benzene rings is 3. The van der Waals surface area contributed by atoms with Crippen molar-refractivity contribution in [1.29, 1.82) is 5.26 Å². The fourth-order valence-corrected chi connectivity index (χ4v) is 3.28. The number of aromatic nitrogens is 1. The summed E-state index contributed by atoms with van der Waals surface area (Å²) in [6.07, 6.45) is 1.35. The van der Waals surface area contributed by atoms with Crippen LogP contribution in [0.15, 0.2) is 66.9 Å². The number of fused-ring (bicyclic) bond motifs is 1. The van der Waals surface area contributed by atoms with Crippen molar-refractivity contribution in [3.8, 4) is 17.6 Å². The molecule has 1 N–H and O–H groups in total. The molecule has 0 atom stereocenters. The van der Waals surface area contributed by atoms with E-state index >= 15 is 0 Å². The van der Waals surface area contributed by atoms with Crippen LogP contribution in [0.25, 0.3) is 10.9 Å². The van der Waals surface area contributed by atoms with Gasteiger partial charge in [0.25, 0.3) is 0 Å². The summed E-state index contributed by atoms with van der Waals surface area (Å²) in [5.41, 5.74) is 1.46. The van der Waals surface area contributed by atoms with Crippen LogP contribution in [0.3, 0.4) is 0 Å². The van der Waals surface area contributed by atoms with E-state index in [4.69, 9.17) is 21.1 Å². The molecular formula is C24H15ClFN3O3. The van der Waals surface area contributed by atoms with Crippen molar-refractivity contribution in [2.75, 3.05) is 12.4 Å². The van der Waals surface area contributed by atoms with E-state index in [0.717, 1.165) is 0 Å². The highest BCUT2D eigenvalue weighted by molar-refractivity contribution is 6.30. The lowest BCUT2D eigenvalue weighted by Gasteiger charge is -2.15. The van der Waals surface area contributed by atoms with E-state index in [1.165, 1.54) is 37.6 Å². The van der Waals surface area contributed by atoms with Crippen molar-refractivity contribution < 1.29 is 18.7 Å². The first-order valence-electron chi connectivity index (χ1n) is 9.40. The molecule has 32 heavy (non-hydrogen) atoms. The highest BCUT2D eigenvalue weighted by Crippen LogP contribution is 2.38. The Labute approximate surface area is 187 Å². The molecule has 0 aliphatic carbocycles. The monoisotopic (exact) mass is 447 g/mol. The quantitative estimate of drug-likeness (QED) is 0.304. The van der Waals surface area contributed by atoms with Gasteiger partial charge in [-0.3, -0.25) is 4.98 Å². The molecule has 0 aliphatic rings. The molecule has 3 aromatic carbocycles. The second-order valence-electron chi connectivity index (χ2n) is 6.68. The van der Waals surface area contributed by atoms with Gasteiger partial charge in [0.05, 0.1) is 35.1 Å². The predicted octanol–water partition coefficient (Wildman–Crippen LogP) is 5.87. The molecule has 1 aromatic heterocycles. The smallest absolute Gasteiger partial charge is 0.343 e. The van der Waals surface area contributed by atoms with Gasteiger partial charge in [-0.1, -0.05) is 29.8 Å². The zero-order valence-electron chi connectivity index (χ0n) is 16.7. The Morgan fingerprint density at radius 2 is 1.91 bits per heavy atom. The van der Waals surface area contributed by atoms with Gasteiger partial charge in [-0.2, -0.15) is 5.26 Å². The molecule has 0 saturated heterocycles. The number of methoxy groups -OCH3 is 1. The minimum absolute atomic E-state index is 0.136. The Morgan fingerprint density at radius 1 is 1.12 bits per heavy atom. The van der Waals surface area contributed by atoms with Crippen molar-refractivity contribution in [2.24, 2.45) is 0 Å². The molecule has 4 rings (SSSR count). The number of hydrogen-bond acceptors (Lipinski definition) is 6. The third-order valence-corrected chi connectivity index (χ3v) is 4.91. The van der Waals surface area contributed by atoms with Crippen LogP contribution in [0.4, 0.5) is 15.8 Å². The van der Waals surface area contributed by atoms with Gasteiger partial charge in [0.1, 0.15) is 11.9 Å². The van der Waals surface area contributed by atoms with Gasteiger partial charge in [-0.05, 0) is 36.4 Å². The molecule has 0 radical (unpaired) electrons. The summed E-state index contributed by atoms with van der Waals surface area (Å²) >= 11 is 5.83. The van der Waals surface area contributed by atoms with E-state index in [-0.39, 0.29) is 27.8 Å². The van der Waals surface area contributed by atoms with Crippen LogP contribution >= 0.6 is 11.6 Å². The van der Waals surface area contributed by atoms with E-state index in [1.54, 1.807) is 36.4 Å². The number of esters is 1. The van der Waals surface area contributed by atoms with Crippen LogP contribution in [-0.4, -0.2) is 18.1 Å². The molecule has 158 valence electrons. The zero-order valence-corrected chi connectivity index (χ0v) is 17.5. The predicted molar refractivity (Wildman–Crippen MR) is 119 cm³/mol. The van der Waals surface area contributed by atoms with Crippen molar-refractivity contribution in [1.82, 2.24) is 4.98 Å². The van der Waals surface area contributed by atoms with Gasteiger partial charge in [-0.15, -0.1) is 0 Å². The summed E-state index contributed by atoms with van der Waals surface area (Å²) in [7, 11) is 1.43. The molecule has 6 nitrogen and oxygen atoms in total. The third-order valence-electron chi connectivity index (χ3n) is 4.68. The van der Waals surface area contributed by atoms with Crippen LogP contribution in [0.1, 0.15) is 15.9 Å². The summed E-state index contributed by atoms with van der Waals surface area (Å²) in [6, 6.07) is 17.8. The maximum atomic E-state index is 14.4. The van der Waals surface area contributed by atoms with Crippen LogP contribution in [0.5, 0.6) is 11.5 Å². The highest BCUT2D eigenvalue weighted by Gasteiger charge is 2.18. The fourth-order valence-electron chi connectivity index (χ4n) is 3.12. The Hall–Kier alpha value is -4.15. The highest BCUT2D eigenvalue weighted by atomic mass is 35.5. The van der Waals surface area contributed by atoms with Gasteiger partial charge in [0, 0.05) is 22.7 Å². The molecule has 4 aromatic rings. The van der Waals surface area contributed by atoms with Crippen LogP contribution in [0, 0.1) is 17.1 Å². The number of rotatable bonds is 5. The summed E-state index contributed by atoms with van der Waals surface area (Å²) < 4.78 is 25.3. The molecule has 0 spiro atoms. The van der Waals surface area contributed by atoms with Crippen molar-refractivity contribution in [2.45, 2.75) is 0 Å². The van der Waals surface area contributed by atoms with Gasteiger partial charge in [0.2, 0.25) is 0 Å². The van der Waals surface area contributed by atoms with Gasteiger partial charge in [0.15, 0.2) is 11.5 Å². The molecule has 1 heterocycles. The second-order valence-corrected chi connectivity index (χ2v) is 7.12. The lowest BCUT2D eigenvalue weighted by atomic mass is 10.1.